The predicted octanol–water partition coefficient (Wildman–Crippen LogP) is 4.37. The molecular formula is C18H17NOS. The average Bonchev–Trinajstić information content (AvgIpc) is 2.52. The van der Waals surface area contributed by atoms with Gasteiger partial charge in [0.2, 0.25) is 0 Å². The van der Waals surface area contributed by atoms with Crippen LogP contribution in [0.2, 0.25) is 0 Å². The molecule has 1 unspecified atom stereocenters. The Morgan fingerprint density at radius 1 is 1.14 bits per heavy atom. The summed E-state index contributed by atoms with van der Waals surface area (Å²) in [5.74, 6) is 0.644. The highest BCUT2D eigenvalue weighted by Gasteiger charge is 2.11. The highest BCUT2D eigenvalue weighted by atomic mass is 32.2. The summed E-state index contributed by atoms with van der Waals surface area (Å²) in [5.41, 5.74) is 2.21. The smallest absolute Gasteiger partial charge is 0.0889 e. The largest absolute Gasteiger partial charge is 0.388 e. The molecule has 0 saturated carbocycles. The van der Waals surface area contributed by atoms with E-state index in [1.54, 1.807) is 18.0 Å². The van der Waals surface area contributed by atoms with Crippen LogP contribution in [-0.2, 0) is 0 Å². The Bertz CT molecular complexity index is 752. The normalized spacial score (nSPS) is 12.5. The van der Waals surface area contributed by atoms with Crippen molar-refractivity contribution < 1.29 is 5.11 Å². The van der Waals surface area contributed by atoms with E-state index in [0.29, 0.717) is 5.75 Å². The second kappa shape index (κ2) is 6.29. The summed E-state index contributed by atoms with van der Waals surface area (Å²) in [5, 5.41) is 12.6. The predicted molar refractivity (Wildman–Crippen MR) is 88.6 cm³/mol. The summed E-state index contributed by atoms with van der Waals surface area (Å²) >= 11 is 1.68. The molecule has 0 amide bonds. The van der Waals surface area contributed by atoms with E-state index in [4.69, 9.17) is 0 Å². The number of rotatable bonds is 4. The Morgan fingerprint density at radius 2 is 2.00 bits per heavy atom. The quantitative estimate of drug-likeness (QED) is 0.726. The van der Waals surface area contributed by atoms with E-state index in [1.807, 2.05) is 36.5 Å². The van der Waals surface area contributed by atoms with Gasteiger partial charge in [0.25, 0.3) is 0 Å². The molecule has 0 fully saturated rings. The van der Waals surface area contributed by atoms with Crippen LogP contribution in [0, 0.1) is 6.92 Å². The maximum absolute atomic E-state index is 10.5. The monoisotopic (exact) mass is 295 g/mol. The molecule has 0 aliphatic rings. The lowest BCUT2D eigenvalue weighted by atomic mass is 10.0. The number of fused-ring (bicyclic) bond motifs is 1. The molecular weight excluding hydrogens is 278 g/mol. The van der Waals surface area contributed by atoms with Crippen molar-refractivity contribution in [1.82, 2.24) is 4.98 Å². The lowest BCUT2D eigenvalue weighted by Gasteiger charge is -2.13. The summed E-state index contributed by atoms with van der Waals surface area (Å²) in [6.45, 7) is 2.08. The third kappa shape index (κ3) is 3.26. The van der Waals surface area contributed by atoms with Crippen molar-refractivity contribution in [3.8, 4) is 0 Å². The van der Waals surface area contributed by atoms with Crippen molar-refractivity contribution >= 4 is 22.5 Å². The van der Waals surface area contributed by atoms with Gasteiger partial charge in [0.05, 0.1) is 6.10 Å². The van der Waals surface area contributed by atoms with E-state index in [0.717, 1.165) is 16.3 Å². The molecule has 0 radical (unpaired) electrons. The fourth-order valence-electron chi connectivity index (χ4n) is 2.41. The van der Waals surface area contributed by atoms with Crippen LogP contribution in [0.3, 0.4) is 0 Å². The molecule has 1 atom stereocenters. The zero-order valence-corrected chi connectivity index (χ0v) is 12.7. The number of aliphatic hydroxyl groups is 1. The second-order valence-corrected chi connectivity index (χ2v) is 6.18. The topological polar surface area (TPSA) is 33.1 Å². The third-order valence-electron chi connectivity index (χ3n) is 3.47. The molecule has 1 heterocycles. The summed E-state index contributed by atoms with van der Waals surface area (Å²) in [6.07, 6.45) is 3.12. The molecule has 2 nitrogen and oxygen atoms in total. The van der Waals surface area contributed by atoms with Gasteiger partial charge in [-0.2, -0.15) is 0 Å². The molecule has 2 aromatic carbocycles. The molecule has 0 aliphatic heterocycles. The summed E-state index contributed by atoms with van der Waals surface area (Å²) in [7, 11) is 0. The highest BCUT2D eigenvalue weighted by molar-refractivity contribution is 7.99. The van der Waals surface area contributed by atoms with Crippen molar-refractivity contribution in [3.05, 3.63) is 72.1 Å². The number of nitrogens with zero attached hydrogens (tertiary/aromatic N) is 1. The minimum Gasteiger partial charge on any atom is -0.388 e. The van der Waals surface area contributed by atoms with E-state index >= 15 is 0 Å². The fourth-order valence-corrected chi connectivity index (χ4v) is 3.38. The van der Waals surface area contributed by atoms with Gasteiger partial charge in [-0.25, -0.2) is 0 Å². The van der Waals surface area contributed by atoms with E-state index in [9.17, 15) is 5.11 Å². The number of thioether (sulfide) groups is 1. The molecule has 1 aromatic heterocycles. The SMILES string of the molecule is Cc1cccc(SCC(O)c2cccc3cnccc23)c1. The first-order valence-corrected chi connectivity index (χ1v) is 7.93. The third-order valence-corrected chi connectivity index (χ3v) is 4.54. The fraction of sp³-hybridized carbons (Fsp3) is 0.167. The van der Waals surface area contributed by atoms with Gasteiger partial charge in [-0.3, -0.25) is 4.98 Å². The van der Waals surface area contributed by atoms with Gasteiger partial charge in [-0.05, 0) is 36.1 Å². The molecule has 0 spiro atoms. The van der Waals surface area contributed by atoms with Gasteiger partial charge in [-0.1, -0.05) is 35.9 Å². The molecule has 1 N–H and O–H groups in total. The van der Waals surface area contributed by atoms with Crippen LogP contribution in [0.15, 0.2) is 65.8 Å². The van der Waals surface area contributed by atoms with Crippen LogP contribution in [0.1, 0.15) is 17.2 Å². The molecule has 106 valence electrons. The summed E-state index contributed by atoms with van der Waals surface area (Å²) < 4.78 is 0. The summed E-state index contributed by atoms with van der Waals surface area (Å²) in [6, 6.07) is 16.3. The maximum atomic E-state index is 10.5. The molecule has 21 heavy (non-hydrogen) atoms. The molecule has 3 rings (SSSR count). The zero-order valence-electron chi connectivity index (χ0n) is 11.9. The number of aromatic nitrogens is 1. The number of benzene rings is 2. The van der Waals surface area contributed by atoms with E-state index in [-0.39, 0.29) is 0 Å². The Labute approximate surface area is 128 Å². The minimum atomic E-state index is -0.485. The van der Waals surface area contributed by atoms with E-state index in [2.05, 4.69) is 30.1 Å². The number of aryl methyl sites for hydroxylation is 1. The van der Waals surface area contributed by atoms with Crippen molar-refractivity contribution in [2.75, 3.05) is 5.75 Å². The van der Waals surface area contributed by atoms with Crippen LogP contribution in [0.25, 0.3) is 10.8 Å². The van der Waals surface area contributed by atoms with Crippen LogP contribution >= 0.6 is 11.8 Å². The van der Waals surface area contributed by atoms with Crippen molar-refractivity contribution in [1.29, 1.82) is 0 Å². The number of hydrogen-bond donors (Lipinski definition) is 1. The van der Waals surface area contributed by atoms with Crippen LogP contribution in [0.4, 0.5) is 0 Å². The van der Waals surface area contributed by atoms with Crippen molar-refractivity contribution in [3.63, 3.8) is 0 Å². The van der Waals surface area contributed by atoms with Gasteiger partial charge in [-0.15, -0.1) is 11.8 Å². The number of hydrogen-bond acceptors (Lipinski definition) is 3. The minimum absolute atomic E-state index is 0.485. The lowest BCUT2D eigenvalue weighted by molar-refractivity contribution is 0.205. The van der Waals surface area contributed by atoms with Crippen LogP contribution < -0.4 is 0 Å². The Morgan fingerprint density at radius 3 is 2.86 bits per heavy atom. The molecule has 3 aromatic rings. The first-order chi connectivity index (χ1) is 10.2. The standard InChI is InChI=1S/C18H17NOS/c1-13-4-2-6-15(10-13)21-12-18(20)17-7-3-5-14-11-19-9-8-16(14)17/h2-11,18,20H,12H2,1H3. The highest BCUT2D eigenvalue weighted by Crippen LogP contribution is 2.29. The van der Waals surface area contributed by atoms with Crippen LogP contribution in [0.5, 0.6) is 0 Å². The van der Waals surface area contributed by atoms with Crippen LogP contribution in [-0.4, -0.2) is 15.8 Å². The summed E-state index contributed by atoms with van der Waals surface area (Å²) in [4.78, 5) is 5.32. The maximum Gasteiger partial charge on any atom is 0.0889 e. The zero-order chi connectivity index (χ0) is 14.7. The van der Waals surface area contributed by atoms with E-state index < -0.39 is 6.10 Å². The van der Waals surface area contributed by atoms with Gasteiger partial charge < -0.3 is 5.11 Å². The Hall–Kier alpha value is -1.84. The van der Waals surface area contributed by atoms with Gasteiger partial charge in [0.15, 0.2) is 0 Å². The number of pyridine rings is 1. The lowest BCUT2D eigenvalue weighted by Crippen LogP contribution is -2.01. The molecule has 3 heteroatoms. The average molecular weight is 295 g/mol. The van der Waals surface area contributed by atoms with Gasteiger partial charge in [0.1, 0.15) is 0 Å². The first kappa shape index (κ1) is 14.1. The molecule has 0 bridgehead atoms. The molecule has 0 aliphatic carbocycles. The Balaban J connectivity index is 1.79. The second-order valence-electron chi connectivity index (χ2n) is 5.09. The van der Waals surface area contributed by atoms with Gasteiger partial charge in [0, 0.05) is 28.4 Å². The van der Waals surface area contributed by atoms with E-state index in [1.165, 1.54) is 10.5 Å². The van der Waals surface area contributed by atoms with Crippen molar-refractivity contribution in [2.45, 2.75) is 17.9 Å². The number of aliphatic hydroxyl groups excluding tert-OH is 1. The molecule has 0 saturated heterocycles. The Kier molecular flexibility index (Phi) is 4.23. The first-order valence-electron chi connectivity index (χ1n) is 6.94. The van der Waals surface area contributed by atoms with Crippen molar-refractivity contribution in [2.24, 2.45) is 0 Å². The van der Waals surface area contributed by atoms with Gasteiger partial charge >= 0.3 is 0 Å².